The number of hydrogen-bond donors (Lipinski definition) is 2. The van der Waals surface area contributed by atoms with Crippen LogP contribution in [0.5, 0.6) is 5.75 Å². The van der Waals surface area contributed by atoms with E-state index in [1.807, 2.05) is 13.0 Å². The summed E-state index contributed by atoms with van der Waals surface area (Å²) < 4.78 is 4.94. The van der Waals surface area contributed by atoms with Crippen LogP contribution in [-0.4, -0.2) is 16.3 Å². The Morgan fingerprint density at radius 3 is 2.76 bits per heavy atom. The van der Waals surface area contributed by atoms with E-state index >= 15 is 0 Å². The van der Waals surface area contributed by atoms with Gasteiger partial charge in [0.1, 0.15) is 11.5 Å². The van der Waals surface area contributed by atoms with Crippen molar-refractivity contribution in [1.29, 1.82) is 0 Å². The van der Waals surface area contributed by atoms with Crippen LogP contribution >= 0.6 is 0 Å². The fourth-order valence-electron chi connectivity index (χ4n) is 1.27. The van der Waals surface area contributed by atoms with Crippen LogP contribution < -0.4 is 5.63 Å². The molecule has 0 aliphatic rings. The second-order valence-electron chi connectivity index (χ2n) is 3.69. The van der Waals surface area contributed by atoms with Gasteiger partial charge in [-0.2, -0.15) is 0 Å². The number of aromatic hydroxyl groups is 1. The molecule has 1 atom stereocenters. The molecular weight excluding hydrogens is 220 g/mol. The van der Waals surface area contributed by atoms with Crippen LogP contribution in [0, 0.1) is 6.92 Å². The highest BCUT2D eigenvalue weighted by atomic mass is 16.4. The molecule has 1 rings (SSSR count). The van der Waals surface area contributed by atoms with E-state index in [1.54, 1.807) is 18.2 Å². The molecule has 0 spiro atoms. The summed E-state index contributed by atoms with van der Waals surface area (Å²) in [5, 5.41) is 19.1. The van der Waals surface area contributed by atoms with E-state index in [0.29, 0.717) is 0 Å². The van der Waals surface area contributed by atoms with Gasteiger partial charge in [0.05, 0.1) is 11.7 Å². The summed E-state index contributed by atoms with van der Waals surface area (Å²) in [6, 6.07) is 1.35. The third-order valence-electron chi connectivity index (χ3n) is 2.26. The molecule has 0 aliphatic heterocycles. The molecular formula is C13H16O4. The number of allylic oxidation sites excluding steroid dienone is 3. The lowest BCUT2D eigenvalue weighted by Crippen LogP contribution is -2.11. The Kier molecular flexibility index (Phi) is 4.72. The van der Waals surface area contributed by atoms with Gasteiger partial charge in [-0.05, 0) is 13.8 Å². The molecule has 0 bridgehead atoms. The predicted octanol–water partition coefficient (Wildman–Crippen LogP) is 1.69. The third kappa shape index (κ3) is 3.92. The fourth-order valence-corrected chi connectivity index (χ4v) is 1.27. The van der Waals surface area contributed by atoms with E-state index in [-0.39, 0.29) is 23.5 Å². The van der Waals surface area contributed by atoms with E-state index in [4.69, 9.17) is 4.42 Å². The van der Waals surface area contributed by atoms with E-state index in [0.717, 1.165) is 0 Å². The molecule has 1 heterocycles. The lowest BCUT2D eigenvalue weighted by Gasteiger charge is -2.05. The van der Waals surface area contributed by atoms with Gasteiger partial charge in [0.25, 0.3) is 0 Å². The largest absolute Gasteiger partial charge is 0.507 e. The zero-order valence-corrected chi connectivity index (χ0v) is 9.88. The van der Waals surface area contributed by atoms with Crippen LogP contribution in [0.4, 0.5) is 0 Å². The average Bonchev–Trinajstić information content (AvgIpc) is 2.26. The molecule has 4 heteroatoms. The second-order valence-corrected chi connectivity index (χ2v) is 3.69. The molecule has 0 aromatic carbocycles. The Balaban J connectivity index is 2.79. The van der Waals surface area contributed by atoms with Crippen LogP contribution in [0.2, 0.25) is 0 Å². The van der Waals surface area contributed by atoms with Gasteiger partial charge >= 0.3 is 5.63 Å². The Labute approximate surface area is 99.5 Å². The molecule has 17 heavy (non-hydrogen) atoms. The minimum absolute atomic E-state index is 0.110. The van der Waals surface area contributed by atoms with Crippen LogP contribution in [0.15, 0.2) is 39.6 Å². The van der Waals surface area contributed by atoms with Crippen molar-refractivity contribution >= 4 is 0 Å². The Morgan fingerprint density at radius 2 is 2.18 bits per heavy atom. The van der Waals surface area contributed by atoms with Gasteiger partial charge in [0, 0.05) is 12.5 Å². The average molecular weight is 236 g/mol. The van der Waals surface area contributed by atoms with Crippen molar-refractivity contribution in [1.82, 2.24) is 0 Å². The van der Waals surface area contributed by atoms with Gasteiger partial charge < -0.3 is 14.6 Å². The Bertz CT molecular complexity index is 483. The van der Waals surface area contributed by atoms with Gasteiger partial charge in [-0.15, -0.1) is 0 Å². The van der Waals surface area contributed by atoms with E-state index in [2.05, 4.69) is 0 Å². The molecule has 0 fully saturated rings. The first kappa shape index (κ1) is 13.3. The molecule has 4 nitrogen and oxygen atoms in total. The molecule has 92 valence electrons. The maximum Gasteiger partial charge on any atom is 0.342 e. The van der Waals surface area contributed by atoms with Gasteiger partial charge in [-0.1, -0.05) is 24.3 Å². The normalized spacial score (nSPS) is 13.6. The van der Waals surface area contributed by atoms with Gasteiger partial charge in [0.2, 0.25) is 0 Å². The maximum atomic E-state index is 11.3. The molecule has 0 saturated heterocycles. The van der Waals surface area contributed by atoms with Crippen LogP contribution in [0.25, 0.3) is 0 Å². The van der Waals surface area contributed by atoms with Crippen LogP contribution in [0.3, 0.4) is 0 Å². The molecule has 0 saturated carbocycles. The first-order valence-corrected chi connectivity index (χ1v) is 5.34. The van der Waals surface area contributed by atoms with Gasteiger partial charge in [0.15, 0.2) is 0 Å². The number of rotatable bonds is 4. The third-order valence-corrected chi connectivity index (χ3v) is 2.26. The summed E-state index contributed by atoms with van der Waals surface area (Å²) in [5.74, 6) is 0.150. The standard InChI is InChI=1S/C13H16O4/c1-3-4-5-6-10(14)7-11-8-12(15)9(2)13(16)17-11/h3-6,8,10,14-15H,7H2,1-2H3/b4-3+,6-5+/t10-/m0/s1. The zero-order valence-electron chi connectivity index (χ0n) is 9.88. The minimum Gasteiger partial charge on any atom is -0.507 e. The van der Waals surface area contributed by atoms with E-state index < -0.39 is 11.7 Å². The highest BCUT2D eigenvalue weighted by molar-refractivity contribution is 5.28. The molecule has 0 unspecified atom stereocenters. The fraction of sp³-hybridized carbons (Fsp3) is 0.308. The summed E-state index contributed by atoms with van der Waals surface area (Å²) in [6.45, 7) is 3.35. The van der Waals surface area contributed by atoms with Crippen molar-refractivity contribution in [3.05, 3.63) is 52.1 Å². The predicted molar refractivity (Wildman–Crippen MR) is 65.0 cm³/mol. The first-order chi connectivity index (χ1) is 8.04. The maximum absolute atomic E-state index is 11.3. The van der Waals surface area contributed by atoms with E-state index in [1.165, 1.54) is 13.0 Å². The molecule has 0 aliphatic carbocycles. The van der Waals surface area contributed by atoms with Crippen molar-refractivity contribution in [2.24, 2.45) is 0 Å². The topological polar surface area (TPSA) is 70.7 Å². The summed E-state index contributed by atoms with van der Waals surface area (Å²) in [7, 11) is 0. The summed E-state index contributed by atoms with van der Waals surface area (Å²) in [4.78, 5) is 11.3. The van der Waals surface area contributed by atoms with Crippen molar-refractivity contribution in [2.45, 2.75) is 26.4 Å². The lowest BCUT2D eigenvalue weighted by molar-refractivity contribution is 0.212. The minimum atomic E-state index is -0.753. The quantitative estimate of drug-likeness (QED) is 0.780. The first-order valence-electron chi connectivity index (χ1n) is 5.34. The summed E-state index contributed by atoms with van der Waals surface area (Å²) in [6.07, 6.45) is 6.30. The lowest BCUT2D eigenvalue weighted by atomic mass is 10.1. The molecule has 0 amide bonds. The van der Waals surface area contributed by atoms with Crippen molar-refractivity contribution in [3.63, 3.8) is 0 Å². The monoisotopic (exact) mass is 236 g/mol. The highest BCUT2D eigenvalue weighted by Crippen LogP contribution is 2.14. The summed E-state index contributed by atoms with van der Waals surface area (Å²) >= 11 is 0. The van der Waals surface area contributed by atoms with Gasteiger partial charge in [-0.3, -0.25) is 0 Å². The Morgan fingerprint density at radius 1 is 1.47 bits per heavy atom. The number of aliphatic hydroxyl groups excluding tert-OH is 1. The SMILES string of the molecule is C/C=C/C=C/[C@H](O)Cc1cc(O)c(C)c(=O)o1. The molecule has 1 aromatic heterocycles. The molecule has 1 aromatic rings. The van der Waals surface area contributed by atoms with Crippen molar-refractivity contribution < 1.29 is 14.6 Å². The van der Waals surface area contributed by atoms with Crippen molar-refractivity contribution in [2.75, 3.05) is 0 Å². The number of aliphatic hydroxyl groups is 1. The van der Waals surface area contributed by atoms with Crippen LogP contribution in [-0.2, 0) is 6.42 Å². The zero-order chi connectivity index (χ0) is 12.8. The number of hydrogen-bond acceptors (Lipinski definition) is 4. The Hall–Kier alpha value is -1.81. The van der Waals surface area contributed by atoms with Gasteiger partial charge in [-0.25, -0.2) is 4.79 Å². The van der Waals surface area contributed by atoms with Crippen molar-refractivity contribution in [3.8, 4) is 5.75 Å². The molecule has 0 radical (unpaired) electrons. The molecule has 2 N–H and O–H groups in total. The smallest absolute Gasteiger partial charge is 0.342 e. The second kappa shape index (κ2) is 6.06. The summed E-state index contributed by atoms with van der Waals surface area (Å²) in [5.41, 5.74) is -0.405. The highest BCUT2D eigenvalue weighted by Gasteiger charge is 2.09. The van der Waals surface area contributed by atoms with Crippen LogP contribution in [0.1, 0.15) is 18.2 Å². The van der Waals surface area contributed by atoms with E-state index in [9.17, 15) is 15.0 Å².